The first-order valence-corrected chi connectivity index (χ1v) is 11.0. The molecule has 2 heterocycles. The van der Waals surface area contributed by atoms with Gasteiger partial charge in [-0.2, -0.15) is 10.5 Å². The van der Waals surface area contributed by atoms with Crippen LogP contribution in [0.2, 0.25) is 0 Å². The summed E-state index contributed by atoms with van der Waals surface area (Å²) in [7, 11) is 3.96. The number of ether oxygens (including phenoxy) is 1. The van der Waals surface area contributed by atoms with E-state index in [2.05, 4.69) is 0 Å². The fourth-order valence-electron chi connectivity index (χ4n) is 3.71. The van der Waals surface area contributed by atoms with Crippen molar-refractivity contribution in [3.63, 3.8) is 0 Å². The molecule has 2 aliphatic rings. The van der Waals surface area contributed by atoms with Crippen molar-refractivity contribution >= 4 is 22.5 Å². The Morgan fingerprint density at radius 1 is 1.10 bits per heavy atom. The minimum absolute atomic E-state index is 0.140. The number of hydrogen-bond acceptors (Lipinski definition) is 6. The largest absolute Gasteiger partial charge is 0.461 e. The van der Waals surface area contributed by atoms with Gasteiger partial charge in [0.05, 0.1) is 10.6 Å². The van der Waals surface area contributed by atoms with Gasteiger partial charge in [0.15, 0.2) is 5.13 Å². The van der Waals surface area contributed by atoms with Crippen molar-refractivity contribution in [1.82, 2.24) is 4.98 Å². The highest BCUT2D eigenvalue weighted by molar-refractivity contribution is 7.16. The lowest BCUT2D eigenvalue weighted by Gasteiger charge is -2.26. The second-order valence-corrected chi connectivity index (χ2v) is 8.58. The molecule has 31 heavy (non-hydrogen) atoms. The first-order chi connectivity index (χ1) is 15.1. The Kier molecular flexibility index (Phi) is 6.02. The molecular formula is C25H22N4OS. The van der Waals surface area contributed by atoms with Crippen molar-refractivity contribution in [2.24, 2.45) is 0 Å². The third-order valence-corrected chi connectivity index (χ3v) is 6.42. The predicted octanol–water partition coefficient (Wildman–Crippen LogP) is 5.98. The van der Waals surface area contributed by atoms with Crippen molar-refractivity contribution in [3.05, 3.63) is 75.6 Å². The molecule has 0 atom stereocenters. The molecule has 4 rings (SSSR count). The fourth-order valence-corrected chi connectivity index (χ4v) is 4.62. The molecule has 1 aromatic carbocycles. The Morgan fingerprint density at radius 2 is 1.84 bits per heavy atom. The zero-order chi connectivity index (χ0) is 21.8. The standard InChI is InChI=1S/C25H22N4OS/c1-29(2)25-28-24(17-8-4-3-5-9-17)23(31-25)13-12-19-14-21(18(15-26)16-27)20-10-6-7-11-22(20)30-19/h3-5,8-9,12-14H,6-7,10-11H2,1-2H3/b13-12+. The van der Waals surface area contributed by atoms with E-state index in [1.165, 1.54) is 0 Å². The molecule has 5 nitrogen and oxygen atoms in total. The maximum absolute atomic E-state index is 9.43. The van der Waals surface area contributed by atoms with E-state index in [0.29, 0.717) is 11.3 Å². The molecule has 1 aromatic heterocycles. The molecule has 0 amide bonds. The molecule has 0 bridgehead atoms. The molecule has 154 valence electrons. The third-order valence-electron chi connectivity index (χ3n) is 5.23. The number of rotatable bonds is 4. The van der Waals surface area contributed by atoms with Crippen molar-refractivity contribution in [2.75, 3.05) is 19.0 Å². The lowest BCUT2D eigenvalue weighted by Crippen LogP contribution is -2.10. The number of nitriles is 2. The van der Waals surface area contributed by atoms with Crippen molar-refractivity contribution in [2.45, 2.75) is 25.7 Å². The van der Waals surface area contributed by atoms with Gasteiger partial charge >= 0.3 is 0 Å². The minimum atomic E-state index is 0.140. The maximum atomic E-state index is 9.43. The SMILES string of the molecule is CN(C)c1nc(-c2ccccc2)c(/C=C/C2=CC(=C(C#N)C#N)C3=C(CCCC3)O2)s1. The summed E-state index contributed by atoms with van der Waals surface area (Å²) in [5, 5.41) is 19.8. The topological polar surface area (TPSA) is 72.9 Å². The highest BCUT2D eigenvalue weighted by atomic mass is 32.1. The van der Waals surface area contributed by atoms with E-state index in [0.717, 1.165) is 58.3 Å². The normalized spacial score (nSPS) is 15.6. The summed E-state index contributed by atoms with van der Waals surface area (Å²) in [6.45, 7) is 0. The zero-order valence-electron chi connectivity index (χ0n) is 17.6. The van der Waals surface area contributed by atoms with Crippen LogP contribution in [0.15, 0.2) is 70.7 Å². The Labute approximate surface area is 186 Å². The van der Waals surface area contributed by atoms with Gasteiger partial charge in [0.2, 0.25) is 0 Å². The molecule has 6 heteroatoms. The first kappa shape index (κ1) is 20.7. The number of thiazole rings is 1. The van der Waals surface area contributed by atoms with Crippen LogP contribution in [0.1, 0.15) is 30.6 Å². The van der Waals surface area contributed by atoms with Gasteiger partial charge in [0.1, 0.15) is 29.2 Å². The summed E-state index contributed by atoms with van der Waals surface area (Å²) in [5.41, 5.74) is 3.82. The van der Waals surface area contributed by atoms with Crippen molar-refractivity contribution < 1.29 is 4.74 Å². The summed E-state index contributed by atoms with van der Waals surface area (Å²) >= 11 is 1.61. The van der Waals surface area contributed by atoms with E-state index in [4.69, 9.17) is 9.72 Å². The smallest absolute Gasteiger partial charge is 0.185 e. The van der Waals surface area contributed by atoms with Gasteiger partial charge in [0.25, 0.3) is 0 Å². The quantitative estimate of drug-likeness (QED) is 0.563. The van der Waals surface area contributed by atoms with Gasteiger partial charge in [0, 0.05) is 31.7 Å². The van der Waals surface area contributed by atoms with Crippen LogP contribution in [0.3, 0.4) is 0 Å². The minimum Gasteiger partial charge on any atom is -0.461 e. The molecule has 0 spiro atoms. The Hall–Kier alpha value is -3.61. The molecule has 1 aliphatic carbocycles. The average molecular weight is 427 g/mol. The predicted molar refractivity (Wildman–Crippen MR) is 124 cm³/mol. The Morgan fingerprint density at radius 3 is 2.55 bits per heavy atom. The van der Waals surface area contributed by atoms with Crippen molar-refractivity contribution in [3.8, 4) is 23.4 Å². The molecule has 0 fully saturated rings. The van der Waals surface area contributed by atoms with Crippen LogP contribution in [0, 0.1) is 22.7 Å². The van der Waals surface area contributed by atoms with Crippen molar-refractivity contribution in [1.29, 1.82) is 10.5 Å². The van der Waals surface area contributed by atoms with Gasteiger partial charge in [-0.05, 0) is 43.1 Å². The van der Waals surface area contributed by atoms with E-state index < -0.39 is 0 Å². The van der Waals surface area contributed by atoms with E-state index in [1.807, 2.05) is 79.7 Å². The summed E-state index contributed by atoms with van der Waals surface area (Å²) in [6.07, 6.45) is 9.49. The number of allylic oxidation sites excluding steroid dienone is 6. The average Bonchev–Trinajstić information content (AvgIpc) is 3.24. The molecule has 1 aliphatic heterocycles. The monoisotopic (exact) mass is 426 g/mol. The van der Waals surface area contributed by atoms with Crippen LogP contribution in [-0.2, 0) is 4.74 Å². The van der Waals surface area contributed by atoms with Crippen LogP contribution >= 0.6 is 11.3 Å². The molecule has 0 N–H and O–H groups in total. The fraction of sp³-hybridized carbons (Fsp3) is 0.240. The number of nitrogens with zero attached hydrogens (tertiary/aromatic N) is 4. The van der Waals surface area contributed by atoms with Crippen LogP contribution in [0.4, 0.5) is 5.13 Å². The summed E-state index contributed by atoms with van der Waals surface area (Å²) < 4.78 is 6.16. The number of benzene rings is 1. The van der Waals surface area contributed by atoms with Crippen LogP contribution in [0.25, 0.3) is 17.3 Å². The highest BCUT2D eigenvalue weighted by Crippen LogP contribution is 2.39. The van der Waals surface area contributed by atoms with Crippen LogP contribution < -0.4 is 4.90 Å². The zero-order valence-corrected chi connectivity index (χ0v) is 18.4. The van der Waals surface area contributed by atoms with Crippen LogP contribution in [0.5, 0.6) is 0 Å². The molecule has 0 unspecified atom stereocenters. The van der Waals surface area contributed by atoms with Crippen LogP contribution in [-0.4, -0.2) is 19.1 Å². The second-order valence-electron chi connectivity index (χ2n) is 7.57. The Bertz CT molecular complexity index is 1180. The maximum Gasteiger partial charge on any atom is 0.185 e. The van der Waals surface area contributed by atoms with E-state index in [1.54, 1.807) is 11.3 Å². The van der Waals surface area contributed by atoms with E-state index in [9.17, 15) is 10.5 Å². The van der Waals surface area contributed by atoms with Gasteiger partial charge in [-0.3, -0.25) is 0 Å². The molecule has 0 radical (unpaired) electrons. The third kappa shape index (κ3) is 4.30. The lowest BCUT2D eigenvalue weighted by atomic mass is 9.88. The van der Waals surface area contributed by atoms with Gasteiger partial charge in [-0.15, -0.1) is 0 Å². The van der Waals surface area contributed by atoms with E-state index in [-0.39, 0.29) is 5.57 Å². The van der Waals surface area contributed by atoms with E-state index >= 15 is 0 Å². The Balaban J connectivity index is 1.73. The first-order valence-electron chi connectivity index (χ1n) is 10.2. The van der Waals surface area contributed by atoms with Gasteiger partial charge < -0.3 is 9.64 Å². The number of hydrogen-bond donors (Lipinski definition) is 0. The highest BCUT2D eigenvalue weighted by Gasteiger charge is 2.24. The van der Waals surface area contributed by atoms with Gasteiger partial charge in [-0.1, -0.05) is 41.7 Å². The molecule has 2 aromatic rings. The number of anilines is 1. The summed E-state index contributed by atoms with van der Waals surface area (Å²) in [6, 6.07) is 14.2. The second kappa shape index (κ2) is 9.04. The molecular weight excluding hydrogens is 404 g/mol. The lowest BCUT2D eigenvalue weighted by molar-refractivity contribution is 0.282. The molecule has 0 saturated heterocycles. The summed E-state index contributed by atoms with van der Waals surface area (Å²) in [5.74, 6) is 1.52. The van der Waals surface area contributed by atoms with Gasteiger partial charge in [-0.25, -0.2) is 4.98 Å². The molecule has 0 saturated carbocycles. The summed E-state index contributed by atoms with van der Waals surface area (Å²) in [4.78, 5) is 7.83. The number of aromatic nitrogens is 1.